The van der Waals surface area contributed by atoms with E-state index in [2.05, 4.69) is 6.58 Å². The Morgan fingerprint density at radius 3 is 2.93 bits per heavy atom. The molecule has 76 valence electrons. The van der Waals surface area contributed by atoms with Crippen LogP contribution in [0.2, 0.25) is 0 Å². The molecule has 0 fully saturated rings. The Labute approximate surface area is 88.4 Å². The van der Waals surface area contributed by atoms with Gasteiger partial charge < -0.3 is 5.73 Å². The molecule has 0 aliphatic carbocycles. The molecule has 0 spiro atoms. The summed E-state index contributed by atoms with van der Waals surface area (Å²) in [5, 5.41) is 1.93. The molecule has 1 atom stereocenters. The van der Waals surface area contributed by atoms with Gasteiger partial charge in [0.25, 0.3) is 0 Å². The number of rotatable bonds is 5. The van der Waals surface area contributed by atoms with Gasteiger partial charge in [-0.3, -0.25) is 4.79 Å². The van der Waals surface area contributed by atoms with Crippen LogP contribution in [0.15, 0.2) is 29.7 Å². The second-order valence-corrected chi connectivity index (χ2v) is 4.22. The van der Waals surface area contributed by atoms with Crippen LogP contribution in [-0.4, -0.2) is 5.78 Å². The maximum absolute atomic E-state index is 11.6. The number of allylic oxidation sites excluding steroid dienone is 1. The van der Waals surface area contributed by atoms with Gasteiger partial charge in [-0.25, -0.2) is 0 Å². The molecule has 0 radical (unpaired) electrons. The van der Waals surface area contributed by atoms with Crippen molar-refractivity contribution in [3.05, 3.63) is 34.5 Å². The van der Waals surface area contributed by atoms with E-state index < -0.39 is 6.04 Å². The molecule has 0 amide bonds. The van der Waals surface area contributed by atoms with Gasteiger partial charge in [-0.1, -0.05) is 25.1 Å². The van der Waals surface area contributed by atoms with Crippen LogP contribution in [0.25, 0.3) is 0 Å². The van der Waals surface area contributed by atoms with Crippen LogP contribution in [0, 0.1) is 0 Å². The zero-order chi connectivity index (χ0) is 10.6. The van der Waals surface area contributed by atoms with Crippen molar-refractivity contribution in [2.75, 3.05) is 0 Å². The highest BCUT2D eigenvalue weighted by Gasteiger charge is 2.16. The van der Waals surface area contributed by atoms with Gasteiger partial charge in [0, 0.05) is 11.3 Å². The Morgan fingerprint density at radius 2 is 2.43 bits per heavy atom. The van der Waals surface area contributed by atoms with E-state index in [9.17, 15) is 4.79 Å². The summed E-state index contributed by atoms with van der Waals surface area (Å²) in [4.78, 5) is 12.6. The second kappa shape index (κ2) is 5.08. The van der Waals surface area contributed by atoms with E-state index in [4.69, 9.17) is 5.73 Å². The Bertz CT molecular complexity index is 316. The molecule has 2 nitrogen and oxygen atoms in total. The van der Waals surface area contributed by atoms with Crippen molar-refractivity contribution in [2.45, 2.75) is 25.8 Å². The van der Waals surface area contributed by atoms with Crippen LogP contribution >= 0.6 is 11.3 Å². The van der Waals surface area contributed by atoms with Gasteiger partial charge in [-0.2, -0.15) is 0 Å². The van der Waals surface area contributed by atoms with E-state index in [0.29, 0.717) is 6.42 Å². The lowest BCUT2D eigenvalue weighted by Crippen LogP contribution is -2.20. The molecule has 2 N–H and O–H groups in total. The molecular weight excluding hydrogens is 194 g/mol. The van der Waals surface area contributed by atoms with Gasteiger partial charge in [-0.15, -0.1) is 11.3 Å². The molecule has 0 aliphatic heterocycles. The van der Waals surface area contributed by atoms with E-state index in [1.54, 1.807) is 0 Å². The highest BCUT2D eigenvalue weighted by atomic mass is 32.1. The van der Waals surface area contributed by atoms with Crippen LogP contribution in [0.4, 0.5) is 0 Å². The van der Waals surface area contributed by atoms with Crippen molar-refractivity contribution >= 4 is 17.1 Å². The number of hydrogen-bond acceptors (Lipinski definition) is 3. The summed E-state index contributed by atoms with van der Waals surface area (Å²) in [5.41, 5.74) is 6.75. The molecule has 0 aromatic carbocycles. The van der Waals surface area contributed by atoms with Crippen LogP contribution in [0.5, 0.6) is 0 Å². The minimum atomic E-state index is -0.474. The average molecular weight is 209 g/mol. The fourth-order valence-corrected chi connectivity index (χ4v) is 1.86. The van der Waals surface area contributed by atoms with Crippen LogP contribution in [0.1, 0.15) is 30.7 Å². The quantitative estimate of drug-likeness (QED) is 0.758. The average Bonchev–Trinajstić information content (AvgIpc) is 2.69. The highest BCUT2D eigenvalue weighted by molar-refractivity contribution is 7.10. The fourth-order valence-electron chi connectivity index (χ4n) is 1.11. The molecule has 0 bridgehead atoms. The Kier molecular flexibility index (Phi) is 4.04. The molecule has 1 aromatic rings. The summed E-state index contributed by atoms with van der Waals surface area (Å²) < 4.78 is 0. The minimum Gasteiger partial charge on any atom is -0.317 e. The summed E-state index contributed by atoms with van der Waals surface area (Å²) in [6, 6.07) is 3.32. The minimum absolute atomic E-state index is 0.0549. The topological polar surface area (TPSA) is 43.1 Å². The van der Waals surface area contributed by atoms with Crippen LogP contribution in [-0.2, 0) is 4.79 Å². The predicted octanol–water partition coefficient (Wildman–Crippen LogP) is 2.67. The van der Waals surface area contributed by atoms with Crippen molar-refractivity contribution < 1.29 is 4.79 Å². The Balaban J connectivity index is 2.58. The summed E-state index contributed by atoms with van der Waals surface area (Å²) in [6.07, 6.45) is 1.23. The monoisotopic (exact) mass is 209 g/mol. The molecule has 14 heavy (non-hydrogen) atoms. The van der Waals surface area contributed by atoms with Crippen molar-refractivity contribution in [3.63, 3.8) is 0 Å². The maximum atomic E-state index is 11.6. The first-order valence-electron chi connectivity index (χ1n) is 4.63. The van der Waals surface area contributed by atoms with E-state index in [-0.39, 0.29) is 5.78 Å². The van der Waals surface area contributed by atoms with E-state index in [1.807, 2.05) is 24.4 Å². The molecule has 1 unspecified atom stereocenters. The number of carbonyl (C=O) groups excluding carboxylic acids is 1. The normalized spacial score (nSPS) is 12.4. The lowest BCUT2D eigenvalue weighted by molar-refractivity contribution is -0.119. The zero-order valence-corrected chi connectivity index (χ0v) is 9.14. The number of hydrogen-bond donors (Lipinski definition) is 1. The van der Waals surface area contributed by atoms with E-state index in [0.717, 1.165) is 16.9 Å². The predicted molar refractivity (Wildman–Crippen MR) is 60.3 cm³/mol. The SMILES string of the molecule is C=C(CC)CC(=O)C(N)c1cccs1. The number of nitrogens with two attached hydrogens (primary N) is 1. The lowest BCUT2D eigenvalue weighted by atomic mass is 10.0. The molecule has 0 saturated carbocycles. The van der Waals surface area contributed by atoms with Crippen molar-refractivity contribution in [2.24, 2.45) is 5.73 Å². The third-order valence-electron chi connectivity index (χ3n) is 2.12. The van der Waals surface area contributed by atoms with Gasteiger partial charge in [0.05, 0.1) is 6.04 Å². The van der Waals surface area contributed by atoms with Gasteiger partial charge in [0.15, 0.2) is 5.78 Å². The molecule has 1 rings (SSSR count). The molecule has 0 aliphatic rings. The van der Waals surface area contributed by atoms with Crippen LogP contribution < -0.4 is 5.73 Å². The fraction of sp³-hybridized carbons (Fsp3) is 0.364. The zero-order valence-electron chi connectivity index (χ0n) is 8.32. The van der Waals surface area contributed by atoms with Crippen molar-refractivity contribution in [3.8, 4) is 0 Å². The van der Waals surface area contributed by atoms with Gasteiger partial charge in [0.2, 0.25) is 0 Å². The standard InChI is InChI=1S/C11H15NOS/c1-3-8(2)7-9(13)11(12)10-5-4-6-14-10/h4-6,11H,2-3,7,12H2,1H3. The third-order valence-corrected chi connectivity index (χ3v) is 3.08. The largest absolute Gasteiger partial charge is 0.317 e. The molecule has 0 saturated heterocycles. The first-order valence-corrected chi connectivity index (χ1v) is 5.51. The number of thiophene rings is 1. The first kappa shape index (κ1) is 11.1. The summed E-state index contributed by atoms with van der Waals surface area (Å²) in [6.45, 7) is 5.80. The number of carbonyl (C=O) groups is 1. The summed E-state index contributed by atoms with van der Waals surface area (Å²) in [5.74, 6) is 0.0549. The van der Waals surface area contributed by atoms with E-state index in [1.165, 1.54) is 11.3 Å². The summed E-state index contributed by atoms with van der Waals surface area (Å²) in [7, 11) is 0. The van der Waals surface area contributed by atoms with Crippen molar-refractivity contribution in [1.29, 1.82) is 0 Å². The number of Topliss-reactive ketones (excluding diaryl/α,β-unsaturated/α-hetero) is 1. The van der Waals surface area contributed by atoms with Gasteiger partial charge >= 0.3 is 0 Å². The maximum Gasteiger partial charge on any atom is 0.158 e. The molecular formula is C11H15NOS. The summed E-state index contributed by atoms with van der Waals surface area (Å²) >= 11 is 1.52. The van der Waals surface area contributed by atoms with Crippen molar-refractivity contribution in [1.82, 2.24) is 0 Å². The van der Waals surface area contributed by atoms with E-state index >= 15 is 0 Å². The highest BCUT2D eigenvalue weighted by Crippen LogP contribution is 2.20. The Hall–Kier alpha value is -0.930. The van der Waals surface area contributed by atoms with Gasteiger partial charge in [-0.05, 0) is 17.9 Å². The lowest BCUT2D eigenvalue weighted by Gasteiger charge is -2.08. The molecule has 1 aromatic heterocycles. The second-order valence-electron chi connectivity index (χ2n) is 3.24. The number of ketones is 1. The Morgan fingerprint density at radius 1 is 1.71 bits per heavy atom. The van der Waals surface area contributed by atoms with Crippen LogP contribution in [0.3, 0.4) is 0 Å². The first-order chi connectivity index (χ1) is 6.65. The molecule has 3 heteroatoms. The molecule has 1 heterocycles. The smallest absolute Gasteiger partial charge is 0.158 e. The third kappa shape index (κ3) is 2.79. The van der Waals surface area contributed by atoms with Gasteiger partial charge in [0.1, 0.15) is 0 Å².